The summed E-state index contributed by atoms with van der Waals surface area (Å²) >= 11 is 0. The molecule has 0 spiro atoms. The minimum absolute atomic E-state index is 0.0310. The van der Waals surface area contributed by atoms with Crippen molar-refractivity contribution in [3.63, 3.8) is 0 Å². The Hall–Kier alpha value is -9.82. The van der Waals surface area contributed by atoms with Gasteiger partial charge in [-0.25, -0.2) is 52.8 Å². The molecule has 0 heterocycles. The van der Waals surface area contributed by atoms with Crippen molar-refractivity contribution in [2.75, 3.05) is 37.9 Å². The fourth-order valence-corrected chi connectivity index (χ4v) is 18.5. The monoisotopic (exact) mass is 1980 g/mol. The first-order valence-electron chi connectivity index (χ1n) is 44.3. The zero-order valence-electron chi connectivity index (χ0n) is 75.9. The van der Waals surface area contributed by atoms with Crippen molar-refractivity contribution < 1.29 is 146 Å². The van der Waals surface area contributed by atoms with Crippen molar-refractivity contribution in [2.45, 2.75) is 163 Å². The Morgan fingerprint density at radius 2 is 0.657 bits per heavy atom. The maximum atomic E-state index is 13.5. The van der Waals surface area contributed by atoms with E-state index in [9.17, 15) is 108 Å². The summed E-state index contributed by atoms with van der Waals surface area (Å²) in [6, 6.07) is 31.9. The Labute approximate surface area is 826 Å². The topological polar surface area (TPSA) is 439 Å². The lowest BCUT2D eigenvalue weighted by Crippen LogP contribution is -2.44. The average Bonchev–Trinajstić information content (AvgIpc) is 0.782. The van der Waals surface area contributed by atoms with E-state index in [-0.39, 0.29) is 132 Å². The molecule has 8 aromatic rings. The van der Waals surface area contributed by atoms with Crippen LogP contribution in [0.1, 0.15) is 185 Å². The van der Waals surface area contributed by atoms with Gasteiger partial charge in [0.25, 0.3) is 0 Å². The van der Waals surface area contributed by atoms with Crippen LogP contribution in [0.5, 0.6) is 23.0 Å². The number of benzene rings is 8. The fourth-order valence-electron chi connectivity index (χ4n) is 17.6. The molecule has 0 amide bonds. The molecule has 0 saturated heterocycles. The molecule has 0 aliphatic heterocycles. The molecule has 12 rings (SSSR count). The van der Waals surface area contributed by atoms with Gasteiger partial charge < -0.3 is 56.1 Å². The van der Waals surface area contributed by atoms with E-state index >= 15 is 0 Å². The lowest BCUT2D eigenvalue weighted by Gasteiger charge is -2.43. The van der Waals surface area contributed by atoms with Crippen molar-refractivity contribution >= 4 is 204 Å². The lowest BCUT2D eigenvalue weighted by atomic mass is 9.61. The van der Waals surface area contributed by atoms with E-state index in [4.69, 9.17) is 123 Å². The summed E-state index contributed by atoms with van der Waals surface area (Å²) < 4.78 is 223. The maximum Gasteiger partial charge on any atom is 0.367 e. The zero-order valence-corrected chi connectivity index (χ0v) is 79.1. The molecule has 4 aliphatic carbocycles. The quantitative estimate of drug-likeness (QED) is 0.00903. The van der Waals surface area contributed by atoms with Gasteiger partial charge in [-0.2, -0.15) is 17.6 Å². The van der Waals surface area contributed by atoms with Crippen molar-refractivity contribution in [3.8, 4) is 23.0 Å². The number of carbonyl (C=O) groups excluding carboxylic acids is 8. The Balaban J connectivity index is 0.000000209. The molecule has 0 N–H and O–H groups in total. The Kier molecular flexibility index (Phi) is 41.4. The van der Waals surface area contributed by atoms with Gasteiger partial charge in [-0.15, -0.1) is 0 Å². The Bertz CT molecular complexity index is 6250. The second-order valence-electron chi connectivity index (χ2n) is 33.7. The van der Waals surface area contributed by atoms with Crippen LogP contribution >= 0.6 is 0 Å². The number of hydrogen-bond donors (Lipinski definition) is 0. The predicted octanol–water partition coefficient (Wildman–Crippen LogP) is 7.76. The number of fused-ring (bicyclic) bond motifs is 4. The number of esters is 8. The summed E-state index contributed by atoms with van der Waals surface area (Å²) in [7, 11) is 48.7. The lowest BCUT2D eigenvalue weighted by molar-refractivity contribution is -0.163. The van der Waals surface area contributed by atoms with E-state index in [0.717, 1.165) is 35.1 Å². The predicted molar refractivity (Wildman–Crippen MR) is 513 cm³/mol. The molecule has 4 aliphatic rings. The van der Waals surface area contributed by atoms with Crippen LogP contribution in [-0.2, 0) is 154 Å². The number of rotatable bonds is 36. The molecule has 28 nitrogen and oxygen atoms in total. The molecular formula is C92H88B12F4O28S4-4. The Morgan fingerprint density at radius 1 is 0.329 bits per heavy atom. The molecule has 4 saturated carbocycles. The van der Waals surface area contributed by atoms with Gasteiger partial charge in [0.1, 0.15) is 36.2 Å². The van der Waals surface area contributed by atoms with E-state index in [1.54, 1.807) is 60.7 Å². The molecule has 0 bridgehead atoms. The van der Waals surface area contributed by atoms with E-state index in [1.165, 1.54) is 48.5 Å². The van der Waals surface area contributed by atoms with Gasteiger partial charge in [-0.1, -0.05) is 196 Å². The summed E-state index contributed by atoms with van der Waals surface area (Å²) in [6.45, 7) is -4.74. The third-order valence-corrected chi connectivity index (χ3v) is 27.6. The van der Waals surface area contributed by atoms with Crippen LogP contribution in [0.3, 0.4) is 0 Å². The third-order valence-electron chi connectivity index (χ3n) is 24.6. The molecule has 8 unspecified atom stereocenters. The number of halogens is 4. The molecular weight excluding hydrogens is 1890 g/mol. The molecule has 4 fully saturated rings. The SMILES string of the molecule is [B]Cc1cc(C[B])c(OC(=O)C2CCC3CC(C(=O)OCCS(=O)(=O)[O-])CCC3C2)c(C[B])c1.[B]Cc1cc(C[B])c(OC(=O)C2CCCC3C(C(=O)OCC(F)(F)S(=O)(=O)[O-])CCCC23)c(C[B])c1.[B]Cc1cc(C[B])c(OC(=O)c2ccc3cc(C(=O)OCCS(=O)(=O)[O-])ccc3c2)c(C[B])c1.[B]Cc1cc(C[B])c(OC(=O)c2cccc3c(C(=O)OCC(F)(F)S(=O)(=O)[O-])cccc23)c(C[B])c1. The van der Waals surface area contributed by atoms with Crippen LogP contribution < -0.4 is 18.9 Å². The van der Waals surface area contributed by atoms with Crippen LogP contribution in [0.2, 0.25) is 0 Å². The summed E-state index contributed by atoms with van der Waals surface area (Å²) in [5, 5.41) is -7.85. The van der Waals surface area contributed by atoms with Gasteiger partial charge in [0.2, 0.25) is 0 Å². The first-order valence-corrected chi connectivity index (χ1v) is 50.3. The summed E-state index contributed by atoms with van der Waals surface area (Å²) in [5.41, 5.74) is 8.34. The van der Waals surface area contributed by atoms with Gasteiger partial charge in [0, 0.05) is 0 Å². The van der Waals surface area contributed by atoms with E-state index in [0.29, 0.717) is 161 Å². The van der Waals surface area contributed by atoms with Gasteiger partial charge in [0.05, 0.1) is 172 Å². The molecule has 140 heavy (non-hydrogen) atoms. The molecule has 716 valence electrons. The minimum atomic E-state index is -6.03. The maximum absolute atomic E-state index is 13.5. The van der Waals surface area contributed by atoms with Crippen molar-refractivity contribution in [1.29, 1.82) is 0 Å². The van der Waals surface area contributed by atoms with Gasteiger partial charge in [0.15, 0.2) is 33.5 Å². The van der Waals surface area contributed by atoms with Gasteiger partial charge in [-0.3, -0.25) is 19.2 Å². The smallest absolute Gasteiger partial charge is 0.367 e. The number of alkyl halides is 4. The number of carbonyl (C=O) groups is 8. The van der Waals surface area contributed by atoms with Gasteiger partial charge in [-0.05, 0) is 190 Å². The fraction of sp³-hybridized carbons (Fsp3) is 0.435. The molecule has 24 radical (unpaired) electrons. The standard InChI is InChI=1S/C23H27B3F2O7S.C23H17B3F2O7S.C23H29B3O7S.C23H19B3O7S/c2*24-9-13-7-14(10-25)20(15(8-13)11-26)35-22(30)19-6-2-3-16-17(19)4-1-5-18(16)21(29)34-12-23(27,28)36(31,32)33;2*24-11-14-7-19(12-25)21(20(8-14)13-26)33-23(28)18-4-2-15-9-17(3-1-16(15)10-18)22(27)32-5-6-34(29,30)31/h7-8,16-19H,1-6,9-12H2,(H,31,32,33);1-8H,9-12H2,(H,31,32,33);7-8,15-18H,1-6,9-13H2,(H,29,30,31);1-4,7-10H,5-6,11-13H2,(H,29,30,31)/p-4. The number of ether oxygens (including phenoxy) is 8. The van der Waals surface area contributed by atoms with Crippen LogP contribution in [0.25, 0.3) is 21.5 Å². The van der Waals surface area contributed by atoms with E-state index in [1.807, 2.05) is 12.1 Å². The molecule has 8 atom stereocenters. The van der Waals surface area contributed by atoms with E-state index in [2.05, 4.69) is 9.47 Å². The number of hydrogen-bond acceptors (Lipinski definition) is 28. The first kappa shape index (κ1) is 114. The average molecular weight is 1980 g/mol. The van der Waals surface area contributed by atoms with Crippen molar-refractivity contribution in [3.05, 3.63) is 210 Å². The highest BCUT2D eigenvalue weighted by Crippen LogP contribution is 2.50. The summed E-state index contributed by atoms with van der Waals surface area (Å²) in [5.74, 6) is -7.82. The molecule has 0 aromatic heterocycles. The highest BCUT2D eigenvalue weighted by molar-refractivity contribution is 7.87. The van der Waals surface area contributed by atoms with E-state index < -0.39 is 143 Å². The molecule has 48 heteroatoms. The minimum Gasteiger partial charge on any atom is -0.748 e. The van der Waals surface area contributed by atoms with Crippen LogP contribution in [0.15, 0.2) is 121 Å². The first-order chi connectivity index (χ1) is 66.1. The van der Waals surface area contributed by atoms with Crippen LogP contribution in [0, 0.1) is 47.3 Å². The summed E-state index contributed by atoms with van der Waals surface area (Å²) in [4.78, 5) is 102. The second kappa shape index (κ2) is 50.9. The summed E-state index contributed by atoms with van der Waals surface area (Å²) in [6.07, 6.45) is 9.56. The highest BCUT2D eigenvalue weighted by atomic mass is 32.2. The van der Waals surface area contributed by atoms with Crippen molar-refractivity contribution in [2.24, 2.45) is 47.3 Å². The molecule has 8 aromatic carbocycles. The second-order valence-corrected chi connectivity index (χ2v) is 39.7. The van der Waals surface area contributed by atoms with Gasteiger partial charge >= 0.3 is 58.3 Å². The van der Waals surface area contributed by atoms with Crippen LogP contribution in [-0.4, -0.2) is 242 Å². The highest BCUT2D eigenvalue weighted by Gasteiger charge is 2.49. The normalized spacial score (nSPS) is 18.1. The Morgan fingerprint density at radius 3 is 1.02 bits per heavy atom. The third kappa shape index (κ3) is 30.2. The van der Waals surface area contributed by atoms with Crippen molar-refractivity contribution in [1.82, 2.24) is 0 Å². The zero-order chi connectivity index (χ0) is 103. The largest absolute Gasteiger partial charge is 0.748 e. The van der Waals surface area contributed by atoms with Crippen LogP contribution in [0.4, 0.5) is 17.6 Å².